The average Bonchev–Trinajstić information content (AvgIpc) is 2.98. The zero-order valence-electron chi connectivity index (χ0n) is 13.9. The minimum absolute atomic E-state index is 0.176. The lowest BCUT2D eigenvalue weighted by molar-refractivity contribution is -0.128. The summed E-state index contributed by atoms with van der Waals surface area (Å²) >= 11 is 0. The Morgan fingerprint density at radius 2 is 1.92 bits per heavy atom. The number of carbonyl (C=O) groups is 3. The Bertz CT molecular complexity index is 586. The van der Waals surface area contributed by atoms with Crippen molar-refractivity contribution in [3.8, 4) is 0 Å². The maximum atomic E-state index is 12.0. The number of nitrogens with zero attached hydrogens (tertiary/aromatic N) is 1. The van der Waals surface area contributed by atoms with Crippen LogP contribution in [0.2, 0.25) is 0 Å². The van der Waals surface area contributed by atoms with Crippen molar-refractivity contribution in [1.82, 2.24) is 21.1 Å². The van der Waals surface area contributed by atoms with Crippen molar-refractivity contribution in [2.75, 3.05) is 13.1 Å². The third-order valence-electron chi connectivity index (χ3n) is 3.87. The van der Waals surface area contributed by atoms with Crippen molar-refractivity contribution in [1.29, 1.82) is 0 Å². The fourth-order valence-electron chi connectivity index (χ4n) is 2.46. The molecule has 1 aliphatic rings. The van der Waals surface area contributed by atoms with Gasteiger partial charge >= 0.3 is 6.03 Å². The summed E-state index contributed by atoms with van der Waals surface area (Å²) in [6.45, 7) is 3.96. The SMILES string of the molecule is CCCCNC(=O)NNC(=O)c1ccc(CN2CCCC2=O)cc1. The lowest BCUT2D eigenvalue weighted by atomic mass is 10.1. The molecule has 0 aliphatic carbocycles. The van der Waals surface area contributed by atoms with Crippen molar-refractivity contribution in [3.63, 3.8) is 0 Å². The fraction of sp³-hybridized carbons (Fsp3) is 0.471. The fourth-order valence-corrected chi connectivity index (χ4v) is 2.46. The smallest absolute Gasteiger partial charge is 0.333 e. The normalized spacial score (nSPS) is 13.7. The van der Waals surface area contributed by atoms with E-state index in [0.29, 0.717) is 25.1 Å². The van der Waals surface area contributed by atoms with Crippen LogP contribution < -0.4 is 16.2 Å². The van der Waals surface area contributed by atoms with Crippen LogP contribution in [0.25, 0.3) is 0 Å². The monoisotopic (exact) mass is 332 g/mol. The van der Waals surface area contributed by atoms with Crippen LogP contribution in [0.15, 0.2) is 24.3 Å². The van der Waals surface area contributed by atoms with E-state index >= 15 is 0 Å². The van der Waals surface area contributed by atoms with E-state index in [1.54, 1.807) is 12.1 Å². The Hall–Kier alpha value is -2.57. The Kier molecular flexibility index (Phi) is 6.60. The van der Waals surface area contributed by atoms with Crippen molar-refractivity contribution in [2.45, 2.75) is 39.2 Å². The van der Waals surface area contributed by atoms with Gasteiger partial charge in [0.2, 0.25) is 5.91 Å². The van der Waals surface area contributed by atoms with Gasteiger partial charge in [-0.25, -0.2) is 10.2 Å². The molecule has 0 atom stereocenters. The second kappa shape index (κ2) is 8.90. The number of hydrogen-bond acceptors (Lipinski definition) is 3. The molecule has 1 aliphatic heterocycles. The summed E-state index contributed by atoms with van der Waals surface area (Å²) in [6.07, 6.45) is 3.40. The second-order valence-electron chi connectivity index (χ2n) is 5.80. The summed E-state index contributed by atoms with van der Waals surface area (Å²) in [7, 11) is 0. The van der Waals surface area contributed by atoms with E-state index in [0.717, 1.165) is 31.4 Å². The van der Waals surface area contributed by atoms with Crippen LogP contribution in [0.3, 0.4) is 0 Å². The number of hydrazine groups is 1. The Morgan fingerprint density at radius 3 is 2.54 bits per heavy atom. The zero-order chi connectivity index (χ0) is 17.4. The number of hydrogen-bond donors (Lipinski definition) is 3. The molecule has 0 spiro atoms. The molecule has 7 nitrogen and oxygen atoms in total. The summed E-state index contributed by atoms with van der Waals surface area (Å²) in [6, 6.07) is 6.58. The van der Waals surface area contributed by atoms with Crippen LogP contribution in [0.5, 0.6) is 0 Å². The number of rotatable bonds is 6. The lowest BCUT2D eigenvalue weighted by Gasteiger charge is -2.15. The van der Waals surface area contributed by atoms with E-state index in [9.17, 15) is 14.4 Å². The molecule has 1 saturated heterocycles. The molecule has 1 aromatic rings. The summed E-state index contributed by atoms with van der Waals surface area (Å²) < 4.78 is 0. The minimum atomic E-state index is -0.430. The maximum absolute atomic E-state index is 12.0. The highest BCUT2D eigenvalue weighted by Gasteiger charge is 2.19. The molecule has 1 fully saturated rings. The molecule has 4 amide bonds. The number of benzene rings is 1. The van der Waals surface area contributed by atoms with Crippen molar-refractivity contribution < 1.29 is 14.4 Å². The first kappa shape index (κ1) is 17.8. The number of carbonyl (C=O) groups excluding carboxylic acids is 3. The Labute approximate surface area is 141 Å². The van der Waals surface area contributed by atoms with E-state index in [-0.39, 0.29) is 11.8 Å². The molecule has 130 valence electrons. The van der Waals surface area contributed by atoms with Gasteiger partial charge < -0.3 is 10.2 Å². The molecule has 3 N–H and O–H groups in total. The van der Waals surface area contributed by atoms with Crippen molar-refractivity contribution >= 4 is 17.8 Å². The first-order valence-corrected chi connectivity index (χ1v) is 8.31. The molecule has 1 aromatic carbocycles. The number of likely N-dealkylation sites (tertiary alicyclic amines) is 1. The molecule has 0 aromatic heterocycles. The largest absolute Gasteiger partial charge is 0.338 e. The highest BCUT2D eigenvalue weighted by atomic mass is 16.2. The van der Waals surface area contributed by atoms with Crippen molar-refractivity contribution in [2.24, 2.45) is 0 Å². The highest BCUT2D eigenvalue weighted by Crippen LogP contribution is 2.14. The molecule has 0 unspecified atom stereocenters. The van der Waals surface area contributed by atoms with E-state index in [1.165, 1.54) is 0 Å². The molecule has 2 rings (SSSR count). The first-order chi connectivity index (χ1) is 11.6. The van der Waals surface area contributed by atoms with Gasteiger partial charge in [-0.05, 0) is 30.5 Å². The molecular formula is C17H24N4O3. The van der Waals surface area contributed by atoms with Crippen LogP contribution in [0.4, 0.5) is 4.79 Å². The number of urea groups is 1. The highest BCUT2D eigenvalue weighted by molar-refractivity contribution is 5.95. The van der Waals surface area contributed by atoms with Crippen molar-refractivity contribution in [3.05, 3.63) is 35.4 Å². The first-order valence-electron chi connectivity index (χ1n) is 8.31. The minimum Gasteiger partial charge on any atom is -0.338 e. The van der Waals surface area contributed by atoms with Gasteiger partial charge in [-0.3, -0.25) is 15.0 Å². The third-order valence-corrected chi connectivity index (χ3v) is 3.87. The molecule has 0 bridgehead atoms. The van der Waals surface area contributed by atoms with E-state index in [2.05, 4.69) is 16.2 Å². The molecule has 0 saturated carbocycles. The predicted molar refractivity (Wildman–Crippen MR) is 90.0 cm³/mol. The van der Waals surface area contributed by atoms with Gasteiger partial charge in [0.15, 0.2) is 0 Å². The van der Waals surface area contributed by atoms with Gasteiger partial charge in [-0.15, -0.1) is 0 Å². The Morgan fingerprint density at radius 1 is 1.17 bits per heavy atom. The average molecular weight is 332 g/mol. The van der Waals surface area contributed by atoms with Gasteiger partial charge in [-0.1, -0.05) is 25.5 Å². The van der Waals surface area contributed by atoms with Crippen LogP contribution in [0.1, 0.15) is 48.5 Å². The van der Waals surface area contributed by atoms with Crippen LogP contribution in [-0.4, -0.2) is 35.8 Å². The molecule has 0 radical (unpaired) electrons. The quantitative estimate of drug-likeness (QED) is 0.545. The van der Waals surface area contributed by atoms with Crippen LogP contribution in [0, 0.1) is 0 Å². The number of unbranched alkanes of at least 4 members (excludes halogenated alkanes) is 1. The van der Waals surface area contributed by atoms with E-state index < -0.39 is 6.03 Å². The topological polar surface area (TPSA) is 90.5 Å². The van der Waals surface area contributed by atoms with Crippen LogP contribution >= 0.6 is 0 Å². The summed E-state index contributed by atoms with van der Waals surface area (Å²) in [4.78, 5) is 36.9. The van der Waals surface area contributed by atoms with Gasteiger partial charge in [0.05, 0.1) is 0 Å². The maximum Gasteiger partial charge on any atom is 0.333 e. The van der Waals surface area contributed by atoms with Gasteiger partial charge in [0.25, 0.3) is 5.91 Å². The van der Waals surface area contributed by atoms with E-state index in [1.807, 2.05) is 24.0 Å². The number of nitrogens with one attached hydrogen (secondary N) is 3. The molecule has 7 heteroatoms. The summed E-state index contributed by atoms with van der Waals surface area (Å²) in [5.74, 6) is -0.209. The molecular weight excluding hydrogens is 308 g/mol. The second-order valence-corrected chi connectivity index (χ2v) is 5.80. The molecule has 24 heavy (non-hydrogen) atoms. The zero-order valence-corrected chi connectivity index (χ0v) is 13.9. The van der Waals surface area contributed by atoms with Gasteiger partial charge in [0, 0.05) is 31.6 Å². The van der Waals surface area contributed by atoms with Gasteiger partial charge in [-0.2, -0.15) is 0 Å². The lowest BCUT2D eigenvalue weighted by Crippen LogP contribution is -2.47. The predicted octanol–water partition coefficient (Wildman–Crippen LogP) is 1.55. The molecule has 1 heterocycles. The summed E-state index contributed by atoms with van der Waals surface area (Å²) in [5, 5.41) is 2.64. The van der Waals surface area contributed by atoms with E-state index in [4.69, 9.17) is 0 Å². The Balaban J connectivity index is 1.78. The standard InChI is InChI=1S/C17H24N4O3/c1-2-3-10-18-17(24)20-19-16(23)14-8-6-13(7-9-14)12-21-11-4-5-15(21)22/h6-9H,2-5,10-12H2,1H3,(H,19,23)(H2,18,20,24). The summed E-state index contributed by atoms with van der Waals surface area (Å²) in [5.41, 5.74) is 6.10. The van der Waals surface area contributed by atoms with Gasteiger partial charge in [0.1, 0.15) is 0 Å². The number of amides is 4. The third kappa shape index (κ3) is 5.26. The van der Waals surface area contributed by atoms with Crippen LogP contribution in [-0.2, 0) is 11.3 Å².